The van der Waals surface area contributed by atoms with Crippen LogP contribution in [0.1, 0.15) is 52.9 Å². The van der Waals surface area contributed by atoms with Crippen LogP contribution in [0.5, 0.6) is 0 Å². The van der Waals surface area contributed by atoms with E-state index in [9.17, 15) is 0 Å². The van der Waals surface area contributed by atoms with Crippen molar-refractivity contribution in [1.29, 1.82) is 0 Å². The highest BCUT2D eigenvalue weighted by atomic mass is 14.7. The average molecular weight is 195 g/mol. The van der Waals surface area contributed by atoms with Gasteiger partial charge in [-0.25, -0.2) is 0 Å². The Hall–Kier alpha value is -0.0400. The van der Waals surface area contributed by atoms with Gasteiger partial charge in [-0.1, -0.05) is 33.6 Å². The molecule has 0 aliphatic heterocycles. The second-order valence-corrected chi connectivity index (χ2v) is 6.41. The summed E-state index contributed by atoms with van der Waals surface area (Å²) < 4.78 is 0. The summed E-state index contributed by atoms with van der Waals surface area (Å²) in [5.74, 6) is 2.56. The largest absolute Gasteiger partial charge is 0.327 e. The van der Waals surface area contributed by atoms with Crippen molar-refractivity contribution in [3.63, 3.8) is 0 Å². The van der Waals surface area contributed by atoms with Crippen molar-refractivity contribution in [2.75, 3.05) is 0 Å². The van der Waals surface area contributed by atoms with Gasteiger partial charge < -0.3 is 5.73 Å². The zero-order chi connectivity index (χ0) is 10.3. The Balaban J connectivity index is 1.88. The summed E-state index contributed by atoms with van der Waals surface area (Å²) >= 11 is 0. The van der Waals surface area contributed by atoms with Gasteiger partial charge in [0.05, 0.1) is 0 Å². The third-order valence-electron chi connectivity index (χ3n) is 4.58. The first-order valence-electron chi connectivity index (χ1n) is 6.26. The smallest absolute Gasteiger partial charge is 0.0101 e. The maximum atomic E-state index is 6.39. The third kappa shape index (κ3) is 1.98. The number of rotatable bonds is 2. The van der Waals surface area contributed by atoms with E-state index in [-0.39, 0.29) is 0 Å². The maximum Gasteiger partial charge on any atom is 0.0101 e. The van der Waals surface area contributed by atoms with Crippen LogP contribution in [0.2, 0.25) is 0 Å². The number of nitrogens with two attached hydrogens (primary N) is 1. The zero-order valence-electron chi connectivity index (χ0n) is 9.92. The molecule has 2 N–H and O–H groups in total. The highest BCUT2D eigenvalue weighted by molar-refractivity contribution is 5.03. The lowest BCUT2D eigenvalue weighted by Crippen LogP contribution is -2.36. The molecule has 0 amide bonds. The van der Waals surface area contributed by atoms with Gasteiger partial charge in [0.15, 0.2) is 0 Å². The molecule has 1 nitrogen and oxygen atoms in total. The van der Waals surface area contributed by atoms with Gasteiger partial charge in [-0.05, 0) is 42.4 Å². The Kier molecular flexibility index (Phi) is 2.63. The van der Waals surface area contributed by atoms with E-state index in [0.29, 0.717) is 11.5 Å². The first-order chi connectivity index (χ1) is 6.50. The number of hydrogen-bond donors (Lipinski definition) is 1. The van der Waals surface area contributed by atoms with Crippen molar-refractivity contribution in [3.05, 3.63) is 0 Å². The Labute approximate surface area is 88.4 Å². The first kappa shape index (κ1) is 10.5. The topological polar surface area (TPSA) is 26.0 Å². The van der Waals surface area contributed by atoms with Crippen molar-refractivity contribution in [3.8, 4) is 0 Å². The van der Waals surface area contributed by atoms with Crippen LogP contribution in [0.25, 0.3) is 0 Å². The molecule has 0 heterocycles. The predicted octanol–water partition coefficient (Wildman–Crippen LogP) is 3.19. The molecule has 0 aromatic carbocycles. The van der Waals surface area contributed by atoms with E-state index in [0.717, 1.165) is 17.8 Å². The van der Waals surface area contributed by atoms with Gasteiger partial charge in [0.1, 0.15) is 0 Å². The van der Waals surface area contributed by atoms with Crippen molar-refractivity contribution in [2.24, 2.45) is 28.9 Å². The van der Waals surface area contributed by atoms with Gasteiger partial charge in [-0.15, -0.1) is 0 Å². The number of hydrogen-bond acceptors (Lipinski definition) is 1. The minimum Gasteiger partial charge on any atom is -0.327 e. The van der Waals surface area contributed by atoms with Crippen molar-refractivity contribution in [2.45, 2.75) is 58.9 Å². The Morgan fingerprint density at radius 1 is 1.29 bits per heavy atom. The lowest BCUT2D eigenvalue weighted by molar-refractivity contribution is 0.223. The average Bonchev–Trinajstić information content (AvgIpc) is 2.74. The van der Waals surface area contributed by atoms with E-state index in [2.05, 4.69) is 20.8 Å². The van der Waals surface area contributed by atoms with E-state index in [1.54, 1.807) is 0 Å². The molecule has 2 saturated carbocycles. The molecule has 1 heteroatoms. The summed E-state index contributed by atoms with van der Waals surface area (Å²) in [7, 11) is 0. The van der Waals surface area contributed by atoms with Crippen LogP contribution in [0.4, 0.5) is 0 Å². The normalized spacial score (nSPS) is 43.3. The van der Waals surface area contributed by atoms with Crippen molar-refractivity contribution < 1.29 is 0 Å². The van der Waals surface area contributed by atoms with Gasteiger partial charge in [0.25, 0.3) is 0 Å². The molecule has 2 rings (SSSR count). The zero-order valence-corrected chi connectivity index (χ0v) is 9.92. The molecule has 2 aliphatic carbocycles. The van der Waals surface area contributed by atoms with Crippen LogP contribution in [0, 0.1) is 23.2 Å². The monoisotopic (exact) mass is 195 g/mol. The third-order valence-corrected chi connectivity index (χ3v) is 4.58. The standard InChI is InChI=1S/C13H25N/c1-9-5-4-6-10(7-9)12(14)11-8-13(11,2)3/h9-12H,4-8,14H2,1-3H3. The highest BCUT2D eigenvalue weighted by Gasteiger charge is 2.50. The van der Waals surface area contributed by atoms with Gasteiger partial charge in [-0.2, -0.15) is 0 Å². The van der Waals surface area contributed by atoms with Gasteiger partial charge in [-0.3, -0.25) is 0 Å². The van der Waals surface area contributed by atoms with Gasteiger partial charge in [0, 0.05) is 6.04 Å². The minimum absolute atomic E-state index is 0.493. The molecule has 82 valence electrons. The summed E-state index contributed by atoms with van der Waals surface area (Å²) in [5, 5.41) is 0. The fraction of sp³-hybridized carbons (Fsp3) is 1.00. The molecule has 2 fully saturated rings. The second-order valence-electron chi connectivity index (χ2n) is 6.41. The lowest BCUT2D eigenvalue weighted by Gasteiger charge is -2.32. The van der Waals surface area contributed by atoms with E-state index < -0.39 is 0 Å². The van der Waals surface area contributed by atoms with Gasteiger partial charge in [0.2, 0.25) is 0 Å². The molecule has 4 atom stereocenters. The Morgan fingerprint density at radius 3 is 2.43 bits per heavy atom. The van der Waals surface area contributed by atoms with Crippen LogP contribution in [0.3, 0.4) is 0 Å². The molecule has 0 saturated heterocycles. The van der Waals surface area contributed by atoms with E-state index in [1.807, 2.05) is 0 Å². The fourth-order valence-corrected chi connectivity index (χ4v) is 3.32. The molecular weight excluding hydrogens is 170 g/mol. The van der Waals surface area contributed by atoms with Crippen LogP contribution in [0.15, 0.2) is 0 Å². The second kappa shape index (κ2) is 3.52. The lowest BCUT2D eigenvalue weighted by atomic mass is 9.77. The summed E-state index contributed by atoms with van der Waals surface area (Å²) in [4.78, 5) is 0. The summed E-state index contributed by atoms with van der Waals surface area (Å²) in [6.45, 7) is 7.12. The summed E-state index contributed by atoms with van der Waals surface area (Å²) in [5.41, 5.74) is 6.95. The summed E-state index contributed by atoms with van der Waals surface area (Å²) in [6, 6.07) is 0.493. The molecule has 2 aliphatic rings. The molecule has 0 radical (unpaired) electrons. The Bertz CT molecular complexity index is 209. The van der Waals surface area contributed by atoms with E-state index in [4.69, 9.17) is 5.73 Å². The van der Waals surface area contributed by atoms with Crippen LogP contribution >= 0.6 is 0 Å². The maximum absolute atomic E-state index is 6.39. The molecule has 14 heavy (non-hydrogen) atoms. The molecular formula is C13H25N. The van der Waals surface area contributed by atoms with Crippen LogP contribution in [-0.2, 0) is 0 Å². The molecule has 0 spiro atoms. The quantitative estimate of drug-likeness (QED) is 0.719. The highest BCUT2D eigenvalue weighted by Crippen LogP contribution is 2.55. The van der Waals surface area contributed by atoms with Gasteiger partial charge >= 0.3 is 0 Å². The Morgan fingerprint density at radius 2 is 1.93 bits per heavy atom. The first-order valence-corrected chi connectivity index (χ1v) is 6.26. The molecule has 0 aromatic rings. The van der Waals surface area contributed by atoms with Crippen molar-refractivity contribution in [1.82, 2.24) is 0 Å². The predicted molar refractivity (Wildman–Crippen MR) is 61.0 cm³/mol. The fourth-order valence-electron chi connectivity index (χ4n) is 3.32. The summed E-state index contributed by atoms with van der Waals surface area (Å²) in [6.07, 6.45) is 6.97. The SMILES string of the molecule is CC1CCCC(C(N)C2CC2(C)C)C1. The molecule has 0 bridgehead atoms. The van der Waals surface area contributed by atoms with E-state index >= 15 is 0 Å². The van der Waals surface area contributed by atoms with Crippen LogP contribution < -0.4 is 5.73 Å². The van der Waals surface area contributed by atoms with Crippen LogP contribution in [-0.4, -0.2) is 6.04 Å². The molecule has 0 aromatic heterocycles. The molecule has 4 unspecified atom stereocenters. The minimum atomic E-state index is 0.493. The van der Waals surface area contributed by atoms with E-state index in [1.165, 1.54) is 32.1 Å². The van der Waals surface area contributed by atoms with Crippen molar-refractivity contribution >= 4 is 0 Å².